The Morgan fingerprint density at radius 3 is 2.83 bits per heavy atom. The standard InChI is InChI=1S/C10H12FN/c1-3-8-4-5-9(7-12-2)10(11)6-8/h3-6,12H,1,7H2,2H3. The Balaban J connectivity index is 2.94. The summed E-state index contributed by atoms with van der Waals surface area (Å²) in [5, 5.41) is 2.90. The molecule has 0 amide bonds. The predicted octanol–water partition coefficient (Wildman–Crippen LogP) is 2.19. The van der Waals surface area contributed by atoms with Gasteiger partial charge in [-0.1, -0.05) is 24.8 Å². The Bertz CT molecular complexity index is 281. The van der Waals surface area contributed by atoms with Crippen LogP contribution in [0.2, 0.25) is 0 Å². The first-order valence-electron chi connectivity index (χ1n) is 3.83. The highest BCUT2D eigenvalue weighted by molar-refractivity contribution is 5.47. The molecule has 0 aliphatic heterocycles. The smallest absolute Gasteiger partial charge is 0.128 e. The van der Waals surface area contributed by atoms with Crippen molar-refractivity contribution < 1.29 is 4.39 Å². The molecular weight excluding hydrogens is 153 g/mol. The zero-order valence-corrected chi connectivity index (χ0v) is 7.10. The van der Waals surface area contributed by atoms with E-state index in [1.54, 1.807) is 19.2 Å². The summed E-state index contributed by atoms with van der Waals surface area (Å²) in [6, 6.07) is 5.10. The molecular formula is C10H12FN. The number of hydrogen-bond donors (Lipinski definition) is 1. The maximum atomic E-state index is 13.1. The van der Waals surface area contributed by atoms with Gasteiger partial charge in [-0.15, -0.1) is 0 Å². The van der Waals surface area contributed by atoms with E-state index in [0.717, 1.165) is 5.56 Å². The van der Waals surface area contributed by atoms with Crippen LogP contribution in [0.3, 0.4) is 0 Å². The normalized spacial score (nSPS) is 9.83. The molecule has 0 aliphatic carbocycles. The van der Waals surface area contributed by atoms with Gasteiger partial charge in [0, 0.05) is 12.1 Å². The third kappa shape index (κ3) is 1.92. The van der Waals surface area contributed by atoms with Crippen LogP contribution in [0.1, 0.15) is 11.1 Å². The van der Waals surface area contributed by atoms with Crippen molar-refractivity contribution in [3.63, 3.8) is 0 Å². The summed E-state index contributed by atoms with van der Waals surface area (Å²) < 4.78 is 13.1. The van der Waals surface area contributed by atoms with Crippen molar-refractivity contribution in [3.8, 4) is 0 Å². The van der Waals surface area contributed by atoms with Crippen LogP contribution in [0.25, 0.3) is 6.08 Å². The van der Waals surface area contributed by atoms with Gasteiger partial charge in [-0.25, -0.2) is 4.39 Å². The lowest BCUT2D eigenvalue weighted by atomic mass is 10.1. The SMILES string of the molecule is C=Cc1ccc(CNC)c(F)c1. The topological polar surface area (TPSA) is 12.0 Å². The molecule has 1 nitrogen and oxygen atoms in total. The van der Waals surface area contributed by atoms with Crippen LogP contribution >= 0.6 is 0 Å². The molecule has 1 rings (SSSR count). The van der Waals surface area contributed by atoms with Crippen molar-refractivity contribution in [2.45, 2.75) is 6.54 Å². The van der Waals surface area contributed by atoms with Crippen molar-refractivity contribution in [1.29, 1.82) is 0 Å². The molecule has 0 heterocycles. The van der Waals surface area contributed by atoms with Crippen molar-refractivity contribution in [2.24, 2.45) is 0 Å². The maximum Gasteiger partial charge on any atom is 0.128 e. The van der Waals surface area contributed by atoms with Crippen LogP contribution in [0.15, 0.2) is 24.8 Å². The van der Waals surface area contributed by atoms with E-state index >= 15 is 0 Å². The summed E-state index contributed by atoms with van der Waals surface area (Å²) in [6.07, 6.45) is 1.63. The fourth-order valence-electron chi connectivity index (χ4n) is 1.02. The van der Waals surface area contributed by atoms with Crippen molar-refractivity contribution in [3.05, 3.63) is 41.7 Å². The lowest BCUT2D eigenvalue weighted by Crippen LogP contribution is -2.06. The molecule has 0 atom stereocenters. The molecule has 1 aromatic rings. The second-order valence-electron chi connectivity index (χ2n) is 2.59. The average Bonchev–Trinajstić information content (AvgIpc) is 2.09. The molecule has 12 heavy (non-hydrogen) atoms. The van der Waals surface area contributed by atoms with Gasteiger partial charge in [0.05, 0.1) is 0 Å². The van der Waals surface area contributed by atoms with Gasteiger partial charge in [-0.3, -0.25) is 0 Å². The van der Waals surface area contributed by atoms with Crippen LogP contribution in [-0.4, -0.2) is 7.05 Å². The molecule has 0 saturated carbocycles. The fourth-order valence-corrected chi connectivity index (χ4v) is 1.02. The minimum Gasteiger partial charge on any atom is -0.316 e. The Kier molecular flexibility index (Phi) is 3.00. The number of benzene rings is 1. The van der Waals surface area contributed by atoms with Crippen LogP contribution in [0.5, 0.6) is 0 Å². The molecule has 0 bridgehead atoms. The second kappa shape index (κ2) is 4.02. The first-order chi connectivity index (χ1) is 5.77. The lowest BCUT2D eigenvalue weighted by Gasteiger charge is -2.02. The highest BCUT2D eigenvalue weighted by atomic mass is 19.1. The first kappa shape index (κ1) is 8.94. The van der Waals surface area contributed by atoms with Gasteiger partial charge in [0.1, 0.15) is 5.82 Å². The summed E-state index contributed by atoms with van der Waals surface area (Å²) in [5.41, 5.74) is 1.50. The molecule has 0 spiro atoms. The highest BCUT2D eigenvalue weighted by Crippen LogP contribution is 2.10. The zero-order valence-electron chi connectivity index (χ0n) is 7.10. The number of nitrogens with one attached hydrogen (secondary N) is 1. The van der Waals surface area contributed by atoms with E-state index in [-0.39, 0.29) is 5.82 Å². The maximum absolute atomic E-state index is 13.1. The molecule has 1 N–H and O–H groups in total. The molecule has 0 aromatic heterocycles. The molecule has 0 aliphatic rings. The summed E-state index contributed by atoms with van der Waals surface area (Å²) >= 11 is 0. The summed E-state index contributed by atoms with van der Waals surface area (Å²) in [7, 11) is 1.79. The molecule has 0 radical (unpaired) electrons. The van der Waals surface area contributed by atoms with E-state index in [2.05, 4.69) is 11.9 Å². The van der Waals surface area contributed by atoms with E-state index in [0.29, 0.717) is 12.1 Å². The van der Waals surface area contributed by atoms with Crippen molar-refractivity contribution >= 4 is 6.08 Å². The largest absolute Gasteiger partial charge is 0.316 e. The summed E-state index contributed by atoms with van der Waals surface area (Å²) in [4.78, 5) is 0. The van der Waals surface area contributed by atoms with Gasteiger partial charge in [0.15, 0.2) is 0 Å². The molecule has 0 fully saturated rings. The molecule has 0 unspecified atom stereocenters. The van der Waals surface area contributed by atoms with Gasteiger partial charge in [-0.2, -0.15) is 0 Å². The van der Waals surface area contributed by atoms with Gasteiger partial charge in [0.25, 0.3) is 0 Å². The summed E-state index contributed by atoms with van der Waals surface area (Å²) in [6.45, 7) is 4.12. The van der Waals surface area contributed by atoms with Gasteiger partial charge >= 0.3 is 0 Å². The minimum absolute atomic E-state index is 0.179. The molecule has 0 saturated heterocycles. The zero-order chi connectivity index (χ0) is 8.97. The van der Waals surface area contributed by atoms with Gasteiger partial charge in [0.2, 0.25) is 0 Å². The average molecular weight is 165 g/mol. The summed E-state index contributed by atoms with van der Waals surface area (Å²) in [5.74, 6) is -0.179. The van der Waals surface area contributed by atoms with Gasteiger partial charge in [-0.05, 0) is 18.7 Å². The second-order valence-corrected chi connectivity index (χ2v) is 2.59. The van der Waals surface area contributed by atoms with E-state index in [9.17, 15) is 4.39 Å². The third-order valence-electron chi connectivity index (χ3n) is 1.68. The van der Waals surface area contributed by atoms with Gasteiger partial charge < -0.3 is 5.32 Å². The quantitative estimate of drug-likeness (QED) is 0.724. The van der Waals surface area contributed by atoms with E-state index in [1.165, 1.54) is 6.07 Å². The number of hydrogen-bond acceptors (Lipinski definition) is 1. The Morgan fingerprint density at radius 2 is 2.33 bits per heavy atom. The Morgan fingerprint density at radius 1 is 1.58 bits per heavy atom. The molecule has 1 aromatic carbocycles. The van der Waals surface area contributed by atoms with Crippen molar-refractivity contribution in [2.75, 3.05) is 7.05 Å². The number of halogens is 1. The first-order valence-corrected chi connectivity index (χ1v) is 3.83. The van der Waals surface area contributed by atoms with Crippen LogP contribution < -0.4 is 5.32 Å². The fraction of sp³-hybridized carbons (Fsp3) is 0.200. The molecule has 2 heteroatoms. The van der Waals surface area contributed by atoms with Crippen LogP contribution in [0.4, 0.5) is 4.39 Å². The van der Waals surface area contributed by atoms with Crippen molar-refractivity contribution in [1.82, 2.24) is 5.32 Å². The predicted molar refractivity (Wildman–Crippen MR) is 49.3 cm³/mol. The van der Waals surface area contributed by atoms with E-state index in [4.69, 9.17) is 0 Å². The van der Waals surface area contributed by atoms with E-state index < -0.39 is 0 Å². The van der Waals surface area contributed by atoms with Crippen LogP contribution in [0, 0.1) is 5.82 Å². The lowest BCUT2D eigenvalue weighted by molar-refractivity contribution is 0.600. The monoisotopic (exact) mass is 165 g/mol. The minimum atomic E-state index is -0.179. The van der Waals surface area contributed by atoms with E-state index in [1.807, 2.05) is 6.07 Å². The Labute approximate surface area is 71.9 Å². The third-order valence-corrected chi connectivity index (χ3v) is 1.68. The van der Waals surface area contributed by atoms with Crippen LogP contribution in [-0.2, 0) is 6.54 Å². The number of rotatable bonds is 3. The molecule has 64 valence electrons. The Hall–Kier alpha value is -1.15. The highest BCUT2D eigenvalue weighted by Gasteiger charge is 1.99.